The predicted octanol–water partition coefficient (Wildman–Crippen LogP) is 2.43. The second kappa shape index (κ2) is 4.91. The van der Waals surface area contributed by atoms with E-state index in [0.29, 0.717) is 5.82 Å². The summed E-state index contributed by atoms with van der Waals surface area (Å²) in [5.41, 5.74) is 8.48. The molecule has 1 heterocycles. The maximum atomic E-state index is 5.61. The highest BCUT2D eigenvalue weighted by atomic mass is 16.5. The number of aromatic nitrogens is 2. The lowest BCUT2D eigenvalue weighted by Gasteiger charge is -2.11. The highest BCUT2D eigenvalue weighted by molar-refractivity contribution is 5.62. The molecular weight excluding hydrogens is 228 g/mol. The first-order valence-corrected chi connectivity index (χ1v) is 5.61. The number of hydrogen-bond acceptors (Lipinski definition) is 5. The van der Waals surface area contributed by atoms with E-state index in [2.05, 4.69) is 15.3 Å². The molecule has 0 aliphatic heterocycles. The van der Waals surface area contributed by atoms with Gasteiger partial charge in [-0.1, -0.05) is 0 Å². The number of nitrogens with two attached hydrogens (primary N) is 1. The van der Waals surface area contributed by atoms with E-state index in [1.807, 2.05) is 38.1 Å². The molecule has 0 unspecified atom stereocenters. The van der Waals surface area contributed by atoms with Gasteiger partial charge in [-0.05, 0) is 37.6 Å². The first-order chi connectivity index (χ1) is 8.58. The number of rotatable bonds is 3. The second-order valence-electron chi connectivity index (χ2n) is 4.06. The summed E-state index contributed by atoms with van der Waals surface area (Å²) in [6.07, 6.45) is 0. The van der Waals surface area contributed by atoms with Gasteiger partial charge in [0, 0.05) is 17.4 Å². The lowest BCUT2D eigenvalue weighted by atomic mass is 10.2. The summed E-state index contributed by atoms with van der Waals surface area (Å²) in [4.78, 5) is 8.17. The van der Waals surface area contributed by atoms with Crippen molar-refractivity contribution in [1.29, 1.82) is 0 Å². The predicted molar refractivity (Wildman–Crippen MR) is 72.2 cm³/mol. The number of nitrogens with one attached hydrogen (secondary N) is 1. The molecule has 0 spiro atoms. The van der Waals surface area contributed by atoms with Gasteiger partial charge in [0.2, 0.25) is 5.95 Å². The van der Waals surface area contributed by atoms with Gasteiger partial charge in [0.05, 0.1) is 7.11 Å². The summed E-state index contributed by atoms with van der Waals surface area (Å²) in [5.74, 6) is 1.79. The fourth-order valence-corrected chi connectivity index (χ4v) is 1.70. The minimum atomic E-state index is 0.267. The molecule has 5 nitrogen and oxygen atoms in total. The van der Waals surface area contributed by atoms with Crippen LogP contribution in [0, 0.1) is 13.8 Å². The molecule has 2 rings (SSSR count). The Bertz CT molecular complexity index is 549. The summed E-state index contributed by atoms with van der Waals surface area (Å²) in [6, 6.07) is 7.65. The Labute approximate surface area is 106 Å². The minimum Gasteiger partial charge on any atom is -0.497 e. The Balaban J connectivity index is 2.28. The van der Waals surface area contributed by atoms with Crippen LogP contribution in [0.4, 0.5) is 17.5 Å². The van der Waals surface area contributed by atoms with Crippen LogP contribution in [0.2, 0.25) is 0 Å². The normalized spacial score (nSPS) is 10.2. The lowest BCUT2D eigenvalue weighted by molar-refractivity contribution is 0.414. The molecule has 0 amide bonds. The number of nitrogen functional groups attached to an aromatic ring is 1. The summed E-state index contributed by atoms with van der Waals surface area (Å²) in [7, 11) is 1.65. The van der Waals surface area contributed by atoms with Crippen molar-refractivity contribution in [2.75, 3.05) is 18.2 Å². The molecule has 0 atom stereocenters. The van der Waals surface area contributed by atoms with Gasteiger partial charge in [-0.25, -0.2) is 4.98 Å². The zero-order valence-electron chi connectivity index (χ0n) is 10.7. The Morgan fingerprint density at radius 1 is 1.17 bits per heavy atom. The maximum Gasteiger partial charge on any atom is 0.222 e. The highest BCUT2D eigenvalue weighted by Crippen LogP contribution is 2.24. The number of anilines is 3. The molecule has 18 heavy (non-hydrogen) atoms. The van der Waals surface area contributed by atoms with Gasteiger partial charge in [-0.3, -0.25) is 0 Å². The van der Waals surface area contributed by atoms with Crippen LogP contribution in [0.15, 0.2) is 24.3 Å². The molecule has 2 aromatic rings. The van der Waals surface area contributed by atoms with Crippen LogP contribution in [0.25, 0.3) is 0 Å². The van der Waals surface area contributed by atoms with Crippen molar-refractivity contribution in [2.45, 2.75) is 13.8 Å². The Morgan fingerprint density at radius 3 is 2.56 bits per heavy atom. The van der Waals surface area contributed by atoms with Crippen molar-refractivity contribution in [3.8, 4) is 5.75 Å². The molecule has 3 N–H and O–H groups in total. The van der Waals surface area contributed by atoms with Crippen LogP contribution < -0.4 is 15.8 Å². The van der Waals surface area contributed by atoms with E-state index in [1.165, 1.54) is 0 Å². The van der Waals surface area contributed by atoms with Crippen molar-refractivity contribution in [1.82, 2.24) is 9.97 Å². The average Bonchev–Trinajstić information content (AvgIpc) is 2.30. The first kappa shape index (κ1) is 12.2. The average molecular weight is 244 g/mol. The third kappa shape index (κ3) is 2.68. The van der Waals surface area contributed by atoms with Crippen LogP contribution in [-0.2, 0) is 0 Å². The largest absolute Gasteiger partial charge is 0.497 e. The smallest absolute Gasteiger partial charge is 0.222 e. The van der Waals surface area contributed by atoms with E-state index in [-0.39, 0.29) is 5.95 Å². The maximum absolute atomic E-state index is 5.61. The van der Waals surface area contributed by atoms with Crippen LogP contribution in [-0.4, -0.2) is 17.1 Å². The van der Waals surface area contributed by atoms with E-state index >= 15 is 0 Å². The van der Waals surface area contributed by atoms with Crippen LogP contribution >= 0.6 is 0 Å². The van der Waals surface area contributed by atoms with Crippen molar-refractivity contribution in [3.63, 3.8) is 0 Å². The fourth-order valence-electron chi connectivity index (χ4n) is 1.70. The van der Waals surface area contributed by atoms with E-state index in [0.717, 1.165) is 22.7 Å². The molecule has 0 saturated carbocycles. The van der Waals surface area contributed by atoms with Gasteiger partial charge in [0.15, 0.2) is 0 Å². The number of hydrogen-bond donors (Lipinski definition) is 2. The Morgan fingerprint density at radius 2 is 1.94 bits per heavy atom. The van der Waals surface area contributed by atoms with Gasteiger partial charge in [-0.15, -0.1) is 0 Å². The van der Waals surface area contributed by atoms with Crippen molar-refractivity contribution in [3.05, 3.63) is 35.5 Å². The number of ether oxygens (including phenoxy) is 1. The van der Waals surface area contributed by atoms with Crippen LogP contribution in [0.3, 0.4) is 0 Å². The topological polar surface area (TPSA) is 73.1 Å². The summed E-state index contributed by atoms with van der Waals surface area (Å²) < 4.78 is 5.17. The van der Waals surface area contributed by atoms with Gasteiger partial charge >= 0.3 is 0 Å². The van der Waals surface area contributed by atoms with Gasteiger partial charge in [-0.2, -0.15) is 4.98 Å². The number of nitrogens with zero attached hydrogens (tertiary/aromatic N) is 2. The summed E-state index contributed by atoms with van der Waals surface area (Å²) >= 11 is 0. The molecule has 0 aliphatic carbocycles. The van der Waals surface area contributed by atoms with Crippen molar-refractivity contribution in [2.24, 2.45) is 0 Å². The Kier molecular flexibility index (Phi) is 3.32. The first-order valence-electron chi connectivity index (χ1n) is 5.61. The van der Waals surface area contributed by atoms with Gasteiger partial charge in [0.25, 0.3) is 0 Å². The Hall–Kier alpha value is -2.30. The van der Waals surface area contributed by atoms with Crippen molar-refractivity contribution >= 4 is 17.5 Å². The molecule has 0 saturated heterocycles. The van der Waals surface area contributed by atoms with Crippen molar-refractivity contribution < 1.29 is 4.74 Å². The zero-order chi connectivity index (χ0) is 13.1. The SMILES string of the molecule is COc1ccc(Nc2cc(C)nc(N)n2)c(C)c1. The van der Waals surface area contributed by atoms with E-state index < -0.39 is 0 Å². The molecule has 5 heteroatoms. The highest BCUT2D eigenvalue weighted by Gasteiger charge is 2.03. The third-order valence-electron chi connectivity index (χ3n) is 2.57. The molecule has 1 aromatic carbocycles. The molecule has 0 fully saturated rings. The third-order valence-corrected chi connectivity index (χ3v) is 2.57. The minimum absolute atomic E-state index is 0.267. The zero-order valence-corrected chi connectivity index (χ0v) is 10.7. The number of benzene rings is 1. The molecule has 0 aliphatic rings. The fraction of sp³-hybridized carbons (Fsp3) is 0.231. The summed E-state index contributed by atoms with van der Waals surface area (Å²) in [5, 5.41) is 3.22. The number of aryl methyl sites for hydroxylation is 2. The second-order valence-corrected chi connectivity index (χ2v) is 4.06. The molecule has 94 valence electrons. The molecular formula is C13H16N4O. The van der Waals surface area contributed by atoms with E-state index in [1.54, 1.807) is 7.11 Å². The van der Waals surface area contributed by atoms with Crippen LogP contribution in [0.1, 0.15) is 11.3 Å². The number of methoxy groups -OCH3 is 1. The lowest BCUT2D eigenvalue weighted by Crippen LogP contribution is -2.02. The van der Waals surface area contributed by atoms with E-state index in [9.17, 15) is 0 Å². The molecule has 1 aromatic heterocycles. The standard InChI is InChI=1S/C13H16N4O/c1-8-6-10(18-3)4-5-11(8)16-12-7-9(2)15-13(14)17-12/h4-7H,1-3H3,(H3,14,15,16,17). The quantitative estimate of drug-likeness (QED) is 0.867. The molecule has 0 radical (unpaired) electrons. The van der Waals surface area contributed by atoms with E-state index in [4.69, 9.17) is 10.5 Å². The van der Waals surface area contributed by atoms with Gasteiger partial charge in [0.1, 0.15) is 11.6 Å². The summed E-state index contributed by atoms with van der Waals surface area (Å²) in [6.45, 7) is 3.88. The molecule has 0 bridgehead atoms. The van der Waals surface area contributed by atoms with Crippen LogP contribution in [0.5, 0.6) is 5.75 Å². The van der Waals surface area contributed by atoms with Gasteiger partial charge < -0.3 is 15.8 Å². The monoisotopic (exact) mass is 244 g/mol.